The summed E-state index contributed by atoms with van der Waals surface area (Å²) in [7, 11) is 0. The predicted molar refractivity (Wildman–Crippen MR) is 107 cm³/mol. The second-order valence-corrected chi connectivity index (χ2v) is 7.89. The molecule has 0 saturated carbocycles. The monoisotopic (exact) mass is 448 g/mol. The number of amides is 2. The van der Waals surface area contributed by atoms with E-state index in [1.165, 1.54) is 6.07 Å². The van der Waals surface area contributed by atoms with E-state index < -0.39 is 36.4 Å². The van der Waals surface area contributed by atoms with Crippen LogP contribution in [0.2, 0.25) is 0 Å². The molecule has 4 N–H and O–H groups in total. The SMILES string of the molecule is NC(=O)c1ncn([C@@H]2O[C@H](C(=O)N3CCCN(Cc4ccccc4F)CC3)[C@@H](O)[C@H]2O)n1. The maximum Gasteiger partial charge on any atom is 0.288 e. The van der Waals surface area contributed by atoms with Gasteiger partial charge in [-0.3, -0.25) is 14.5 Å². The molecule has 0 aliphatic carbocycles. The van der Waals surface area contributed by atoms with E-state index in [9.17, 15) is 24.2 Å². The van der Waals surface area contributed by atoms with Gasteiger partial charge in [0.05, 0.1) is 0 Å². The zero-order valence-electron chi connectivity index (χ0n) is 17.2. The summed E-state index contributed by atoms with van der Waals surface area (Å²) in [5, 5.41) is 24.6. The fourth-order valence-corrected chi connectivity index (χ4v) is 3.99. The van der Waals surface area contributed by atoms with E-state index in [-0.39, 0.29) is 11.6 Å². The van der Waals surface area contributed by atoms with Crippen LogP contribution < -0.4 is 5.73 Å². The van der Waals surface area contributed by atoms with Gasteiger partial charge in [0.25, 0.3) is 11.8 Å². The van der Waals surface area contributed by atoms with Gasteiger partial charge in [-0.1, -0.05) is 18.2 Å². The summed E-state index contributed by atoms with van der Waals surface area (Å²) in [6.45, 7) is 2.46. The molecule has 0 unspecified atom stereocenters. The Bertz CT molecular complexity index is 987. The molecule has 4 rings (SSSR count). The highest BCUT2D eigenvalue weighted by Crippen LogP contribution is 2.30. The van der Waals surface area contributed by atoms with Crippen molar-refractivity contribution in [2.75, 3.05) is 26.2 Å². The molecule has 1 aromatic heterocycles. The topological polar surface area (TPSA) is 147 Å². The number of rotatable bonds is 5. The number of aliphatic hydroxyl groups is 2. The molecule has 0 bridgehead atoms. The molecule has 2 aliphatic heterocycles. The summed E-state index contributed by atoms with van der Waals surface area (Å²) >= 11 is 0. The summed E-state index contributed by atoms with van der Waals surface area (Å²) in [4.78, 5) is 31.6. The van der Waals surface area contributed by atoms with E-state index in [1.807, 2.05) is 0 Å². The lowest BCUT2D eigenvalue weighted by Gasteiger charge is -2.25. The van der Waals surface area contributed by atoms with Crippen molar-refractivity contribution in [3.8, 4) is 0 Å². The van der Waals surface area contributed by atoms with Crippen molar-refractivity contribution in [3.63, 3.8) is 0 Å². The summed E-state index contributed by atoms with van der Waals surface area (Å²) in [6.07, 6.45) is -3.61. The van der Waals surface area contributed by atoms with Crippen molar-refractivity contribution in [2.45, 2.75) is 37.5 Å². The van der Waals surface area contributed by atoms with Gasteiger partial charge in [-0.25, -0.2) is 14.1 Å². The van der Waals surface area contributed by atoms with E-state index in [4.69, 9.17) is 10.5 Å². The van der Waals surface area contributed by atoms with E-state index in [2.05, 4.69) is 15.0 Å². The number of aromatic nitrogens is 3. The number of hydrogen-bond acceptors (Lipinski definition) is 8. The number of nitrogens with zero attached hydrogens (tertiary/aromatic N) is 5. The first-order valence-electron chi connectivity index (χ1n) is 10.3. The molecule has 4 atom stereocenters. The predicted octanol–water partition coefficient (Wildman–Crippen LogP) is -1.13. The van der Waals surface area contributed by atoms with Crippen molar-refractivity contribution in [1.29, 1.82) is 0 Å². The van der Waals surface area contributed by atoms with Gasteiger partial charge in [-0.2, -0.15) is 0 Å². The highest BCUT2D eigenvalue weighted by molar-refractivity contribution is 5.88. The summed E-state index contributed by atoms with van der Waals surface area (Å²) in [5.74, 6) is -1.84. The van der Waals surface area contributed by atoms with E-state index >= 15 is 0 Å². The van der Waals surface area contributed by atoms with Crippen LogP contribution in [-0.2, 0) is 16.1 Å². The van der Waals surface area contributed by atoms with Crippen molar-refractivity contribution >= 4 is 11.8 Å². The third kappa shape index (κ3) is 4.48. The van der Waals surface area contributed by atoms with Crippen LogP contribution in [0.4, 0.5) is 4.39 Å². The van der Waals surface area contributed by atoms with Crippen LogP contribution in [0.25, 0.3) is 0 Å². The Morgan fingerprint density at radius 2 is 1.94 bits per heavy atom. The molecular weight excluding hydrogens is 423 g/mol. The van der Waals surface area contributed by atoms with Crippen LogP contribution in [0.15, 0.2) is 30.6 Å². The second kappa shape index (κ2) is 9.28. The molecule has 12 heteroatoms. The lowest BCUT2D eigenvalue weighted by Crippen LogP contribution is -2.46. The maximum absolute atomic E-state index is 14.0. The molecule has 32 heavy (non-hydrogen) atoms. The fraction of sp³-hybridized carbons (Fsp3) is 0.500. The van der Waals surface area contributed by atoms with E-state index in [1.54, 1.807) is 23.1 Å². The van der Waals surface area contributed by atoms with Gasteiger partial charge in [-0.05, 0) is 12.5 Å². The lowest BCUT2D eigenvalue weighted by atomic mass is 10.1. The van der Waals surface area contributed by atoms with Gasteiger partial charge in [0.2, 0.25) is 5.82 Å². The van der Waals surface area contributed by atoms with Gasteiger partial charge in [-0.15, -0.1) is 5.10 Å². The summed E-state index contributed by atoms with van der Waals surface area (Å²) in [6, 6.07) is 6.59. The van der Waals surface area contributed by atoms with Gasteiger partial charge < -0.3 is 25.6 Å². The molecule has 2 amide bonds. The van der Waals surface area contributed by atoms with Crippen LogP contribution in [-0.4, -0.2) is 91.1 Å². The first kappa shape index (κ1) is 22.3. The standard InChI is InChI=1S/C20H25FN6O5/c21-13-5-2-1-4-12(13)10-25-6-3-7-26(9-8-25)19(31)16-14(28)15(29)20(32-16)27-11-23-18(24-27)17(22)30/h1-2,4-5,11,14-16,20,28-29H,3,6-10H2,(H2,22,30)/t14-,15+,16-,20+/m0/s1. The molecule has 2 saturated heterocycles. The highest BCUT2D eigenvalue weighted by atomic mass is 19.1. The Kier molecular flexibility index (Phi) is 6.46. The number of aliphatic hydroxyl groups excluding tert-OH is 2. The van der Waals surface area contributed by atoms with Crippen LogP contribution in [0.1, 0.15) is 28.8 Å². The van der Waals surface area contributed by atoms with Crippen molar-refractivity contribution in [3.05, 3.63) is 47.8 Å². The average Bonchev–Trinajstić information content (AvgIpc) is 3.29. The number of carbonyl (C=O) groups is 2. The van der Waals surface area contributed by atoms with Crippen molar-refractivity contribution < 1.29 is 28.9 Å². The van der Waals surface area contributed by atoms with Crippen LogP contribution in [0.5, 0.6) is 0 Å². The number of carbonyl (C=O) groups excluding carboxylic acids is 2. The molecule has 2 fully saturated rings. The van der Waals surface area contributed by atoms with E-state index in [0.29, 0.717) is 44.7 Å². The maximum atomic E-state index is 14.0. The zero-order valence-corrected chi connectivity index (χ0v) is 17.2. The molecule has 3 heterocycles. The van der Waals surface area contributed by atoms with Gasteiger partial charge in [0.15, 0.2) is 12.3 Å². The third-order valence-corrected chi connectivity index (χ3v) is 5.72. The Hall–Kier alpha value is -2.93. The Labute approximate surface area is 183 Å². The molecule has 2 aliphatic rings. The Morgan fingerprint density at radius 1 is 1.16 bits per heavy atom. The van der Waals surface area contributed by atoms with Crippen LogP contribution in [0.3, 0.4) is 0 Å². The smallest absolute Gasteiger partial charge is 0.288 e. The van der Waals surface area contributed by atoms with Crippen LogP contribution in [0, 0.1) is 5.82 Å². The Balaban J connectivity index is 1.39. The number of halogens is 1. The van der Waals surface area contributed by atoms with Gasteiger partial charge in [0, 0.05) is 38.3 Å². The number of primary amides is 1. The largest absolute Gasteiger partial charge is 0.387 e. The molecule has 172 valence electrons. The first-order chi connectivity index (χ1) is 15.3. The summed E-state index contributed by atoms with van der Waals surface area (Å²) < 4.78 is 20.6. The minimum Gasteiger partial charge on any atom is -0.387 e. The lowest BCUT2D eigenvalue weighted by molar-refractivity contribution is -0.149. The number of benzene rings is 1. The summed E-state index contributed by atoms with van der Waals surface area (Å²) in [5.41, 5.74) is 5.72. The number of ether oxygens (including phenoxy) is 1. The van der Waals surface area contributed by atoms with Crippen molar-refractivity contribution in [1.82, 2.24) is 24.6 Å². The normalized spacial score (nSPS) is 26.8. The van der Waals surface area contributed by atoms with E-state index in [0.717, 1.165) is 11.0 Å². The zero-order chi connectivity index (χ0) is 22.8. The first-order valence-corrected chi connectivity index (χ1v) is 10.3. The molecule has 2 aromatic rings. The molecule has 0 radical (unpaired) electrons. The van der Waals surface area contributed by atoms with Crippen molar-refractivity contribution in [2.24, 2.45) is 5.73 Å². The van der Waals surface area contributed by atoms with Crippen LogP contribution >= 0.6 is 0 Å². The minimum atomic E-state index is -1.48. The molecule has 11 nitrogen and oxygen atoms in total. The number of hydrogen-bond donors (Lipinski definition) is 3. The quantitative estimate of drug-likeness (QED) is 0.521. The third-order valence-electron chi connectivity index (χ3n) is 5.72. The Morgan fingerprint density at radius 3 is 2.66 bits per heavy atom. The fourth-order valence-electron chi connectivity index (χ4n) is 3.99. The average molecular weight is 448 g/mol. The number of nitrogens with two attached hydrogens (primary N) is 1. The molecular formula is C20H25FN6O5. The van der Waals surface area contributed by atoms with Gasteiger partial charge >= 0.3 is 0 Å². The molecule has 1 aromatic carbocycles. The van der Waals surface area contributed by atoms with Gasteiger partial charge in [0.1, 0.15) is 24.4 Å². The second-order valence-electron chi connectivity index (χ2n) is 7.89. The molecule has 0 spiro atoms. The minimum absolute atomic E-state index is 0.264. The highest BCUT2D eigenvalue weighted by Gasteiger charge is 2.49.